The van der Waals surface area contributed by atoms with Crippen LogP contribution >= 0.6 is 11.8 Å². The number of amides is 1. The number of aliphatic hydroxyl groups excluding tert-OH is 1. The van der Waals surface area contributed by atoms with Gasteiger partial charge in [0.25, 0.3) is 0 Å². The van der Waals surface area contributed by atoms with E-state index in [9.17, 15) is 4.79 Å². The smallest absolute Gasteiger partial charge is 0.221 e. The quantitative estimate of drug-likeness (QED) is 0.731. The summed E-state index contributed by atoms with van der Waals surface area (Å²) in [5, 5.41) is 11.8. The van der Waals surface area contributed by atoms with E-state index < -0.39 is 0 Å². The van der Waals surface area contributed by atoms with Crippen LogP contribution in [0.5, 0.6) is 0 Å². The lowest BCUT2D eigenvalue weighted by molar-refractivity contribution is -0.121. The number of rotatable bonds is 7. The van der Waals surface area contributed by atoms with Crippen LogP contribution in [0.1, 0.15) is 19.8 Å². The summed E-state index contributed by atoms with van der Waals surface area (Å²) in [5.74, 6) is 0.770. The van der Waals surface area contributed by atoms with E-state index >= 15 is 0 Å². The summed E-state index contributed by atoms with van der Waals surface area (Å²) in [6, 6.07) is 9.91. The summed E-state index contributed by atoms with van der Waals surface area (Å²) in [6.45, 7) is 1.95. The van der Waals surface area contributed by atoms with Gasteiger partial charge in [0.2, 0.25) is 5.91 Å². The maximum Gasteiger partial charge on any atom is 0.221 e. The fourth-order valence-corrected chi connectivity index (χ4v) is 2.23. The van der Waals surface area contributed by atoms with Crippen molar-refractivity contribution in [3.8, 4) is 0 Å². The van der Waals surface area contributed by atoms with Crippen LogP contribution < -0.4 is 5.32 Å². The average Bonchev–Trinajstić information content (AvgIpc) is 2.37. The van der Waals surface area contributed by atoms with Crippen molar-refractivity contribution in [2.45, 2.75) is 30.7 Å². The zero-order chi connectivity index (χ0) is 12.5. The second-order valence-electron chi connectivity index (χ2n) is 3.77. The van der Waals surface area contributed by atoms with E-state index in [0.717, 1.165) is 12.2 Å². The molecular weight excluding hydrogens is 234 g/mol. The maximum atomic E-state index is 11.5. The van der Waals surface area contributed by atoms with Crippen molar-refractivity contribution in [1.29, 1.82) is 0 Å². The molecule has 0 heterocycles. The van der Waals surface area contributed by atoms with Crippen LogP contribution in [0.15, 0.2) is 35.2 Å². The van der Waals surface area contributed by atoms with Gasteiger partial charge in [-0.3, -0.25) is 4.79 Å². The van der Waals surface area contributed by atoms with Gasteiger partial charge in [-0.25, -0.2) is 0 Å². The third-order valence-corrected chi connectivity index (χ3v) is 3.43. The molecule has 0 aliphatic carbocycles. The molecule has 0 bridgehead atoms. The monoisotopic (exact) mass is 253 g/mol. The summed E-state index contributed by atoms with van der Waals surface area (Å²) < 4.78 is 0. The molecule has 0 aliphatic rings. The molecule has 1 aromatic rings. The van der Waals surface area contributed by atoms with Crippen molar-refractivity contribution < 1.29 is 9.90 Å². The SMILES string of the molecule is CCC(CO)NC(=O)CCSc1ccccc1. The van der Waals surface area contributed by atoms with E-state index in [1.54, 1.807) is 11.8 Å². The topological polar surface area (TPSA) is 49.3 Å². The van der Waals surface area contributed by atoms with Gasteiger partial charge < -0.3 is 10.4 Å². The first-order valence-electron chi connectivity index (χ1n) is 5.84. The molecule has 4 heteroatoms. The van der Waals surface area contributed by atoms with Gasteiger partial charge in [-0.05, 0) is 18.6 Å². The Labute approximate surface area is 107 Å². The van der Waals surface area contributed by atoms with E-state index in [-0.39, 0.29) is 18.6 Å². The predicted octanol–water partition coefficient (Wildman–Crippen LogP) is 2.06. The van der Waals surface area contributed by atoms with Gasteiger partial charge in [0.05, 0.1) is 12.6 Å². The number of carbonyl (C=O) groups excluding carboxylic acids is 1. The Morgan fingerprint density at radius 3 is 2.71 bits per heavy atom. The van der Waals surface area contributed by atoms with E-state index in [1.165, 1.54) is 4.90 Å². The third-order valence-electron chi connectivity index (χ3n) is 2.42. The van der Waals surface area contributed by atoms with Gasteiger partial charge in [-0.1, -0.05) is 25.1 Å². The molecule has 94 valence electrons. The summed E-state index contributed by atoms with van der Waals surface area (Å²) >= 11 is 1.67. The fourth-order valence-electron chi connectivity index (χ4n) is 1.35. The van der Waals surface area contributed by atoms with Crippen molar-refractivity contribution in [1.82, 2.24) is 5.32 Å². The molecule has 1 aromatic carbocycles. The lowest BCUT2D eigenvalue weighted by atomic mass is 10.2. The van der Waals surface area contributed by atoms with E-state index in [4.69, 9.17) is 5.11 Å². The molecule has 2 N–H and O–H groups in total. The minimum Gasteiger partial charge on any atom is -0.394 e. The van der Waals surface area contributed by atoms with Crippen molar-refractivity contribution >= 4 is 17.7 Å². The third kappa shape index (κ3) is 5.75. The van der Waals surface area contributed by atoms with E-state index in [0.29, 0.717) is 6.42 Å². The van der Waals surface area contributed by atoms with Crippen LogP contribution in [0.25, 0.3) is 0 Å². The second-order valence-corrected chi connectivity index (χ2v) is 4.94. The van der Waals surface area contributed by atoms with Crippen molar-refractivity contribution in [3.63, 3.8) is 0 Å². The Kier molecular flexibility index (Phi) is 6.74. The molecule has 1 unspecified atom stereocenters. The molecule has 0 aromatic heterocycles. The van der Waals surface area contributed by atoms with Crippen LogP contribution in [0.2, 0.25) is 0 Å². The van der Waals surface area contributed by atoms with Gasteiger partial charge in [-0.2, -0.15) is 0 Å². The van der Waals surface area contributed by atoms with Crippen molar-refractivity contribution in [2.24, 2.45) is 0 Å². The number of hydrogen-bond acceptors (Lipinski definition) is 3. The van der Waals surface area contributed by atoms with Crippen molar-refractivity contribution in [3.05, 3.63) is 30.3 Å². The summed E-state index contributed by atoms with van der Waals surface area (Å²) in [4.78, 5) is 12.7. The largest absolute Gasteiger partial charge is 0.394 e. The maximum absolute atomic E-state index is 11.5. The highest BCUT2D eigenvalue weighted by atomic mass is 32.2. The minimum absolute atomic E-state index is 0.00800. The van der Waals surface area contributed by atoms with E-state index in [2.05, 4.69) is 5.32 Å². The Morgan fingerprint density at radius 1 is 1.41 bits per heavy atom. The first-order chi connectivity index (χ1) is 8.26. The van der Waals surface area contributed by atoms with Crippen LogP contribution in [-0.4, -0.2) is 29.4 Å². The molecule has 0 saturated heterocycles. The Balaban J connectivity index is 2.20. The van der Waals surface area contributed by atoms with Gasteiger partial charge in [0, 0.05) is 17.1 Å². The number of thioether (sulfide) groups is 1. The van der Waals surface area contributed by atoms with Crippen LogP contribution in [0, 0.1) is 0 Å². The normalized spacial score (nSPS) is 12.1. The lowest BCUT2D eigenvalue weighted by Gasteiger charge is -2.13. The lowest BCUT2D eigenvalue weighted by Crippen LogP contribution is -2.37. The predicted molar refractivity (Wildman–Crippen MR) is 71.1 cm³/mol. The van der Waals surface area contributed by atoms with Gasteiger partial charge in [0.15, 0.2) is 0 Å². The van der Waals surface area contributed by atoms with Gasteiger partial charge in [0.1, 0.15) is 0 Å². The fraction of sp³-hybridized carbons (Fsp3) is 0.462. The molecule has 0 radical (unpaired) electrons. The van der Waals surface area contributed by atoms with Crippen molar-refractivity contribution in [2.75, 3.05) is 12.4 Å². The molecule has 1 amide bonds. The Bertz CT molecular complexity index is 325. The molecule has 0 spiro atoms. The molecule has 17 heavy (non-hydrogen) atoms. The highest BCUT2D eigenvalue weighted by Crippen LogP contribution is 2.17. The van der Waals surface area contributed by atoms with E-state index in [1.807, 2.05) is 37.3 Å². The molecule has 3 nitrogen and oxygen atoms in total. The molecule has 1 rings (SSSR count). The zero-order valence-corrected chi connectivity index (χ0v) is 10.9. The van der Waals surface area contributed by atoms with Gasteiger partial charge in [-0.15, -0.1) is 11.8 Å². The van der Waals surface area contributed by atoms with Gasteiger partial charge >= 0.3 is 0 Å². The first kappa shape index (κ1) is 14.1. The number of nitrogens with one attached hydrogen (secondary N) is 1. The molecule has 0 aliphatic heterocycles. The zero-order valence-electron chi connectivity index (χ0n) is 10.1. The minimum atomic E-state index is -0.107. The second kappa shape index (κ2) is 8.14. The molecule has 1 atom stereocenters. The highest BCUT2D eigenvalue weighted by Gasteiger charge is 2.08. The average molecular weight is 253 g/mol. The standard InChI is InChI=1S/C13H19NO2S/c1-2-11(10-15)14-13(16)8-9-17-12-6-4-3-5-7-12/h3-7,11,15H,2,8-10H2,1H3,(H,14,16). The number of hydrogen-bond donors (Lipinski definition) is 2. The number of benzene rings is 1. The Hall–Kier alpha value is -1.00. The Morgan fingerprint density at radius 2 is 2.12 bits per heavy atom. The molecule has 0 saturated carbocycles. The summed E-state index contributed by atoms with van der Waals surface area (Å²) in [5.41, 5.74) is 0. The van der Waals surface area contributed by atoms with Crippen LogP contribution in [0.4, 0.5) is 0 Å². The molecule has 0 fully saturated rings. The summed E-state index contributed by atoms with van der Waals surface area (Å²) in [6.07, 6.45) is 1.24. The first-order valence-corrected chi connectivity index (χ1v) is 6.83. The number of carbonyl (C=O) groups is 1. The van der Waals surface area contributed by atoms with Crippen LogP contribution in [0.3, 0.4) is 0 Å². The number of aliphatic hydroxyl groups is 1. The highest BCUT2D eigenvalue weighted by molar-refractivity contribution is 7.99. The molecular formula is C13H19NO2S. The van der Waals surface area contributed by atoms with Crippen LogP contribution in [-0.2, 0) is 4.79 Å². The summed E-state index contributed by atoms with van der Waals surface area (Å²) in [7, 11) is 0.